The van der Waals surface area contributed by atoms with Crippen LogP contribution < -0.4 is 5.43 Å². The van der Waals surface area contributed by atoms with Crippen LogP contribution in [0.3, 0.4) is 0 Å². The van der Waals surface area contributed by atoms with E-state index in [-0.39, 0.29) is 5.43 Å². The Balaban J connectivity index is 2.06. The van der Waals surface area contributed by atoms with E-state index >= 15 is 0 Å². The topological polar surface area (TPSA) is 30.2 Å². The van der Waals surface area contributed by atoms with E-state index in [9.17, 15) is 4.79 Å². The summed E-state index contributed by atoms with van der Waals surface area (Å²) in [5, 5.41) is 0.706. The summed E-state index contributed by atoms with van der Waals surface area (Å²) < 4.78 is 6.15. The van der Waals surface area contributed by atoms with Crippen LogP contribution >= 0.6 is 0 Å². The number of para-hydroxylation sites is 1. The van der Waals surface area contributed by atoms with Gasteiger partial charge in [0, 0.05) is 17.5 Å². The normalized spacial score (nSPS) is 14.1. The molecule has 3 aromatic rings. The molecular formula is C19H16O2. The van der Waals surface area contributed by atoms with E-state index in [2.05, 4.69) is 0 Å². The van der Waals surface area contributed by atoms with Crippen LogP contribution in [0.15, 0.2) is 57.7 Å². The van der Waals surface area contributed by atoms with Crippen molar-refractivity contribution in [3.63, 3.8) is 0 Å². The third-order valence-corrected chi connectivity index (χ3v) is 4.26. The molecule has 0 spiro atoms. The molecule has 0 fully saturated rings. The maximum atomic E-state index is 12.7. The fourth-order valence-corrected chi connectivity index (χ4v) is 3.19. The largest absolute Gasteiger partial charge is 0.460 e. The molecule has 0 N–H and O–H groups in total. The molecule has 2 aromatic carbocycles. The van der Waals surface area contributed by atoms with Crippen molar-refractivity contribution in [3.05, 3.63) is 70.1 Å². The van der Waals surface area contributed by atoms with Gasteiger partial charge in [-0.3, -0.25) is 4.79 Å². The minimum absolute atomic E-state index is 0.156. The highest BCUT2D eigenvalue weighted by molar-refractivity contribution is 5.92. The summed E-state index contributed by atoms with van der Waals surface area (Å²) in [4.78, 5) is 12.7. The fourth-order valence-electron chi connectivity index (χ4n) is 3.19. The van der Waals surface area contributed by atoms with Crippen LogP contribution in [0.5, 0.6) is 0 Å². The van der Waals surface area contributed by atoms with E-state index in [1.165, 1.54) is 0 Å². The van der Waals surface area contributed by atoms with E-state index in [1.54, 1.807) is 0 Å². The average Bonchev–Trinajstić information content (AvgIpc) is 2.56. The van der Waals surface area contributed by atoms with Gasteiger partial charge in [-0.1, -0.05) is 42.5 Å². The lowest BCUT2D eigenvalue weighted by molar-refractivity contribution is 0.487. The number of aryl methyl sites for hydroxylation is 1. The van der Waals surface area contributed by atoms with Crippen LogP contribution in [0.1, 0.15) is 24.2 Å². The van der Waals surface area contributed by atoms with Crippen molar-refractivity contribution in [2.24, 2.45) is 0 Å². The van der Waals surface area contributed by atoms with Gasteiger partial charge in [0.05, 0.1) is 5.39 Å². The van der Waals surface area contributed by atoms with Crippen LogP contribution in [-0.4, -0.2) is 0 Å². The Kier molecular flexibility index (Phi) is 2.88. The molecule has 1 aliphatic carbocycles. The first-order valence-corrected chi connectivity index (χ1v) is 7.47. The molecule has 2 nitrogen and oxygen atoms in total. The standard InChI is InChI=1S/C19H16O2/c20-18-15-9-4-5-12-17(15)21-19-14(10-6-11-16(18)19)13-7-2-1-3-8-13/h1-3,6-8,10-11H,4-5,9,12H2. The van der Waals surface area contributed by atoms with Crippen molar-refractivity contribution < 1.29 is 4.42 Å². The molecule has 0 amide bonds. The summed E-state index contributed by atoms with van der Waals surface area (Å²) in [5.74, 6) is 0.891. The van der Waals surface area contributed by atoms with Crippen molar-refractivity contribution in [1.29, 1.82) is 0 Å². The van der Waals surface area contributed by atoms with Gasteiger partial charge in [-0.25, -0.2) is 0 Å². The number of fused-ring (bicyclic) bond motifs is 2. The molecule has 0 saturated carbocycles. The zero-order valence-electron chi connectivity index (χ0n) is 11.8. The SMILES string of the molecule is O=c1c2c(oc3c(-c4ccccc4)cccc13)CCCC2. The first-order valence-electron chi connectivity index (χ1n) is 7.47. The van der Waals surface area contributed by atoms with Gasteiger partial charge in [0.15, 0.2) is 5.43 Å². The number of rotatable bonds is 1. The molecule has 4 rings (SSSR count). The Labute approximate surface area is 123 Å². The maximum Gasteiger partial charge on any atom is 0.196 e. The van der Waals surface area contributed by atoms with E-state index in [1.807, 2.05) is 48.5 Å². The summed E-state index contributed by atoms with van der Waals surface area (Å²) in [6, 6.07) is 15.9. The highest BCUT2D eigenvalue weighted by Gasteiger charge is 2.19. The third-order valence-electron chi connectivity index (χ3n) is 4.26. The van der Waals surface area contributed by atoms with E-state index in [0.29, 0.717) is 5.39 Å². The number of hydrogen-bond donors (Lipinski definition) is 0. The lowest BCUT2D eigenvalue weighted by atomic mass is 9.94. The van der Waals surface area contributed by atoms with Crippen molar-refractivity contribution in [1.82, 2.24) is 0 Å². The molecule has 0 unspecified atom stereocenters. The predicted octanol–water partition coefficient (Wildman–Crippen LogP) is 4.34. The van der Waals surface area contributed by atoms with Crippen molar-refractivity contribution >= 4 is 11.0 Å². The molecule has 2 heteroatoms. The lowest BCUT2D eigenvalue weighted by Gasteiger charge is -2.15. The quantitative estimate of drug-likeness (QED) is 0.662. The Morgan fingerprint density at radius 3 is 2.52 bits per heavy atom. The zero-order valence-corrected chi connectivity index (χ0v) is 11.8. The Morgan fingerprint density at radius 2 is 1.67 bits per heavy atom. The summed E-state index contributed by atoms with van der Waals surface area (Å²) in [6.45, 7) is 0. The summed E-state index contributed by atoms with van der Waals surface area (Å²) in [6.07, 6.45) is 3.92. The molecule has 0 bridgehead atoms. The second-order valence-electron chi connectivity index (χ2n) is 5.59. The van der Waals surface area contributed by atoms with E-state index in [4.69, 9.17) is 4.42 Å². The van der Waals surface area contributed by atoms with Crippen LogP contribution in [0.2, 0.25) is 0 Å². The van der Waals surface area contributed by atoms with Gasteiger partial charge in [-0.05, 0) is 30.9 Å². The van der Waals surface area contributed by atoms with Crippen molar-refractivity contribution in [2.75, 3.05) is 0 Å². The predicted molar refractivity (Wildman–Crippen MR) is 84.6 cm³/mol. The van der Waals surface area contributed by atoms with Gasteiger partial charge in [-0.15, -0.1) is 0 Å². The van der Waals surface area contributed by atoms with Gasteiger partial charge in [-0.2, -0.15) is 0 Å². The Morgan fingerprint density at radius 1 is 0.857 bits per heavy atom. The summed E-state index contributed by atoms with van der Waals surface area (Å²) >= 11 is 0. The monoisotopic (exact) mass is 276 g/mol. The number of benzene rings is 2. The number of hydrogen-bond acceptors (Lipinski definition) is 2. The zero-order chi connectivity index (χ0) is 14.2. The van der Waals surface area contributed by atoms with Gasteiger partial charge >= 0.3 is 0 Å². The summed E-state index contributed by atoms with van der Waals surface area (Å²) in [5.41, 5.74) is 3.86. The summed E-state index contributed by atoms with van der Waals surface area (Å²) in [7, 11) is 0. The Bertz CT molecular complexity index is 860. The second kappa shape index (κ2) is 4.88. The highest BCUT2D eigenvalue weighted by atomic mass is 16.3. The minimum Gasteiger partial charge on any atom is -0.460 e. The molecule has 104 valence electrons. The van der Waals surface area contributed by atoms with Crippen LogP contribution in [0.4, 0.5) is 0 Å². The molecule has 1 aliphatic rings. The maximum absolute atomic E-state index is 12.7. The second-order valence-corrected chi connectivity index (χ2v) is 5.59. The third kappa shape index (κ3) is 1.99. The van der Waals surface area contributed by atoms with Gasteiger partial charge in [0.25, 0.3) is 0 Å². The molecular weight excluding hydrogens is 260 g/mol. The Hall–Kier alpha value is -2.35. The molecule has 0 radical (unpaired) electrons. The van der Waals surface area contributed by atoms with Crippen LogP contribution in [-0.2, 0) is 12.8 Å². The minimum atomic E-state index is 0.156. The van der Waals surface area contributed by atoms with Crippen LogP contribution in [0, 0.1) is 0 Å². The van der Waals surface area contributed by atoms with Gasteiger partial charge in [0.2, 0.25) is 0 Å². The lowest BCUT2D eigenvalue weighted by Crippen LogP contribution is -2.16. The van der Waals surface area contributed by atoms with Gasteiger partial charge < -0.3 is 4.42 Å². The average molecular weight is 276 g/mol. The van der Waals surface area contributed by atoms with Crippen LogP contribution in [0.25, 0.3) is 22.1 Å². The first kappa shape index (κ1) is 12.4. The molecule has 1 aromatic heterocycles. The molecule has 0 aliphatic heterocycles. The van der Waals surface area contributed by atoms with E-state index < -0.39 is 0 Å². The highest BCUT2D eigenvalue weighted by Crippen LogP contribution is 2.30. The van der Waals surface area contributed by atoms with Crippen molar-refractivity contribution in [2.45, 2.75) is 25.7 Å². The molecule has 1 heterocycles. The van der Waals surface area contributed by atoms with Gasteiger partial charge in [0.1, 0.15) is 11.3 Å². The molecule has 0 atom stereocenters. The fraction of sp³-hybridized carbons (Fsp3) is 0.211. The molecule has 0 saturated heterocycles. The van der Waals surface area contributed by atoms with E-state index in [0.717, 1.165) is 53.7 Å². The van der Waals surface area contributed by atoms with Crippen molar-refractivity contribution in [3.8, 4) is 11.1 Å². The smallest absolute Gasteiger partial charge is 0.196 e. The molecule has 21 heavy (non-hydrogen) atoms. The first-order chi connectivity index (χ1) is 10.3.